The minimum Gasteiger partial charge on any atom is -0.488 e. The van der Waals surface area contributed by atoms with E-state index in [9.17, 15) is 14.4 Å². The Kier molecular flexibility index (Phi) is 5.02. The zero-order valence-corrected chi connectivity index (χ0v) is 13.8. The lowest BCUT2D eigenvalue weighted by molar-refractivity contribution is -0.152. The zero-order chi connectivity index (χ0) is 17.8. The number of carbonyl (C=O) groups is 3. The molecule has 0 radical (unpaired) electrons. The van der Waals surface area contributed by atoms with E-state index in [1.165, 1.54) is 4.90 Å². The predicted octanol–water partition coefficient (Wildman–Crippen LogP) is 0.872. The standard InChI is InChI=1S/C18H20N2O5/c19-17(22)14-6-3-4-8-20(14)16(21)11-25-18(23)13-9-12-5-1-2-7-15(12)24-10-13/h1-2,5,7,9,14H,3-4,6,8,10-11H2,(H2,19,22)/t14-/m1/s1. The first kappa shape index (κ1) is 17.0. The van der Waals surface area contributed by atoms with Crippen molar-refractivity contribution in [2.75, 3.05) is 19.8 Å². The number of piperidine rings is 1. The minimum absolute atomic E-state index is 0.0949. The van der Waals surface area contributed by atoms with Crippen molar-refractivity contribution in [1.82, 2.24) is 4.90 Å². The lowest BCUT2D eigenvalue weighted by atomic mass is 10.0. The fraction of sp³-hybridized carbons (Fsp3) is 0.389. The molecule has 0 aliphatic carbocycles. The van der Waals surface area contributed by atoms with Crippen LogP contribution in [0.5, 0.6) is 5.75 Å². The first-order valence-corrected chi connectivity index (χ1v) is 8.24. The molecule has 0 spiro atoms. The Balaban J connectivity index is 1.60. The third-order valence-corrected chi connectivity index (χ3v) is 4.37. The van der Waals surface area contributed by atoms with Gasteiger partial charge in [-0.3, -0.25) is 9.59 Å². The minimum atomic E-state index is -0.621. The molecule has 2 N–H and O–H groups in total. The van der Waals surface area contributed by atoms with Crippen molar-refractivity contribution in [3.8, 4) is 5.75 Å². The molecule has 1 atom stereocenters. The quantitative estimate of drug-likeness (QED) is 0.817. The fourth-order valence-corrected chi connectivity index (χ4v) is 3.06. The number of para-hydroxylation sites is 1. The average Bonchev–Trinajstić information content (AvgIpc) is 2.65. The van der Waals surface area contributed by atoms with Crippen LogP contribution in [0.3, 0.4) is 0 Å². The predicted molar refractivity (Wildman–Crippen MR) is 89.4 cm³/mol. The third kappa shape index (κ3) is 3.81. The van der Waals surface area contributed by atoms with Crippen LogP contribution < -0.4 is 10.5 Å². The number of rotatable bonds is 4. The molecule has 7 nitrogen and oxygen atoms in total. The van der Waals surface area contributed by atoms with Crippen molar-refractivity contribution in [2.45, 2.75) is 25.3 Å². The lowest BCUT2D eigenvalue weighted by Crippen LogP contribution is -2.51. The summed E-state index contributed by atoms with van der Waals surface area (Å²) in [4.78, 5) is 37.3. The second-order valence-electron chi connectivity index (χ2n) is 6.07. The molecule has 2 heterocycles. The summed E-state index contributed by atoms with van der Waals surface area (Å²) in [5.41, 5.74) is 6.48. The van der Waals surface area contributed by atoms with E-state index < -0.39 is 30.4 Å². The van der Waals surface area contributed by atoms with Crippen LogP contribution in [-0.4, -0.2) is 48.5 Å². The van der Waals surface area contributed by atoms with Gasteiger partial charge in [-0.25, -0.2) is 4.79 Å². The third-order valence-electron chi connectivity index (χ3n) is 4.37. The van der Waals surface area contributed by atoms with Crippen molar-refractivity contribution in [2.24, 2.45) is 5.73 Å². The van der Waals surface area contributed by atoms with Crippen LogP contribution in [0.2, 0.25) is 0 Å². The highest BCUT2D eigenvalue weighted by Gasteiger charge is 2.31. The molecule has 1 aromatic carbocycles. The van der Waals surface area contributed by atoms with Crippen LogP contribution in [0.15, 0.2) is 29.8 Å². The van der Waals surface area contributed by atoms with Gasteiger partial charge in [-0.15, -0.1) is 0 Å². The van der Waals surface area contributed by atoms with E-state index >= 15 is 0 Å². The molecule has 2 aliphatic rings. The maximum atomic E-state index is 12.3. The molecule has 0 bridgehead atoms. The summed E-state index contributed by atoms with van der Waals surface area (Å²) in [6.07, 6.45) is 3.89. The van der Waals surface area contributed by atoms with Gasteiger partial charge in [0, 0.05) is 12.1 Å². The van der Waals surface area contributed by atoms with Crippen molar-refractivity contribution in [1.29, 1.82) is 0 Å². The number of nitrogens with two attached hydrogens (primary N) is 1. The topological polar surface area (TPSA) is 98.9 Å². The molecule has 2 aliphatic heterocycles. The number of amides is 2. The highest BCUT2D eigenvalue weighted by atomic mass is 16.5. The Morgan fingerprint density at radius 2 is 2.04 bits per heavy atom. The van der Waals surface area contributed by atoms with Crippen molar-refractivity contribution < 1.29 is 23.9 Å². The summed E-state index contributed by atoms with van der Waals surface area (Å²) in [7, 11) is 0. The van der Waals surface area contributed by atoms with E-state index in [2.05, 4.69) is 0 Å². The number of fused-ring (bicyclic) bond motifs is 1. The Hall–Kier alpha value is -2.83. The average molecular weight is 344 g/mol. The molecule has 1 aromatic rings. The molecule has 3 rings (SSSR count). The summed E-state index contributed by atoms with van der Waals surface area (Å²) in [5, 5.41) is 0. The second-order valence-corrected chi connectivity index (χ2v) is 6.07. The van der Waals surface area contributed by atoms with E-state index in [0.29, 0.717) is 24.3 Å². The number of hydrogen-bond donors (Lipinski definition) is 1. The zero-order valence-electron chi connectivity index (χ0n) is 13.8. The Morgan fingerprint density at radius 1 is 1.24 bits per heavy atom. The van der Waals surface area contributed by atoms with Gasteiger partial charge in [-0.1, -0.05) is 18.2 Å². The number of ether oxygens (including phenoxy) is 2. The molecular formula is C18H20N2O5. The lowest BCUT2D eigenvalue weighted by Gasteiger charge is -2.33. The number of benzene rings is 1. The van der Waals surface area contributed by atoms with Gasteiger partial charge in [0.15, 0.2) is 6.61 Å². The molecule has 25 heavy (non-hydrogen) atoms. The molecule has 0 aromatic heterocycles. The highest BCUT2D eigenvalue weighted by Crippen LogP contribution is 2.26. The molecule has 7 heteroatoms. The number of likely N-dealkylation sites (tertiary alicyclic amines) is 1. The summed E-state index contributed by atoms with van der Waals surface area (Å²) in [6, 6.07) is 6.72. The smallest absolute Gasteiger partial charge is 0.338 e. The van der Waals surface area contributed by atoms with Gasteiger partial charge in [0.05, 0.1) is 5.57 Å². The van der Waals surface area contributed by atoms with E-state index in [1.54, 1.807) is 6.08 Å². The summed E-state index contributed by atoms with van der Waals surface area (Å²) in [6.45, 7) is 0.127. The first-order valence-electron chi connectivity index (χ1n) is 8.24. The van der Waals surface area contributed by atoms with Crippen molar-refractivity contribution in [3.63, 3.8) is 0 Å². The van der Waals surface area contributed by atoms with Gasteiger partial charge >= 0.3 is 5.97 Å². The van der Waals surface area contributed by atoms with E-state index in [0.717, 1.165) is 18.4 Å². The van der Waals surface area contributed by atoms with Gasteiger partial charge in [0.25, 0.3) is 5.91 Å². The number of hydrogen-bond acceptors (Lipinski definition) is 5. The van der Waals surface area contributed by atoms with Gasteiger partial charge in [0.1, 0.15) is 18.4 Å². The van der Waals surface area contributed by atoms with Crippen LogP contribution in [0.4, 0.5) is 0 Å². The maximum absolute atomic E-state index is 12.3. The van der Waals surface area contributed by atoms with Gasteiger partial charge in [-0.2, -0.15) is 0 Å². The van der Waals surface area contributed by atoms with Crippen molar-refractivity contribution >= 4 is 23.9 Å². The monoisotopic (exact) mass is 344 g/mol. The molecular weight excluding hydrogens is 324 g/mol. The maximum Gasteiger partial charge on any atom is 0.338 e. The SMILES string of the molecule is NC(=O)[C@H]1CCCCN1C(=O)COC(=O)C1=Cc2ccccc2OC1. The van der Waals surface area contributed by atoms with Crippen molar-refractivity contribution in [3.05, 3.63) is 35.4 Å². The van der Waals surface area contributed by atoms with Crippen LogP contribution >= 0.6 is 0 Å². The molecule has 1 fully saturated rings. The van der Waals surface area contributed by atoms with Crippen LogP contribution in [-0.2, 0) is 19.1 Å². The van der Waals surface area contributed by atoms with E-state index in [1.807, 2.05) is 24.3 Å². The molecule has 1 saturated heterocycles. The fourth-order valence-electron chi connectivity index (χ4n) is 3.06. The highest BCUT2D eigenvalue weighted by molar-refractivity contribution is 5.96. The molecule has 0 unspecified atom stereocenters. The molecule has 0 saturated carbocycles. The summed E-state index contributed by atoms with van der Waals surface area (Å²) in [5.74, 6) is -0.836. The van der Waals surface area contributed by atoms with E-state index in [-0.39, 0.29) is 6.61 Å². The van der Waals surface area contributed by atoms with E-state index in [4.69, 9.17) is 15.2 Å². The van der Waals surface area contributed by atoms with Crippen LogP contribution in [0, 0.1) is 0 Å². The van der Waals surface area contributed by atoms with Gasteiger partial charge in [-0.05, 0) is 31.4 Å². The first-order chi connectivity index (χ1) is 12.1. The summed E-state index contributed by atoms with van der Waals surface area (Å²) >= 11 is 0. The van der Waals surface area contributed by atoms with Gasteiger partial charge < -0.3 is 20.1 Å². The Labute approximate surface area is 145 Å². The molecule has 2 amide bonds. The Morgan fingerprint density at radius 3 is 2.84 bits per heavy atom. The largest absolute Gasteiger partial charge is 0.488 e. The van der Waals surface area contributed by atoms with Crippen LogP contribution in [0.1, 0.15) is 24.8 Å². The normalized spacial score (nSPS) is 19.3. The molecule has 132 valence electrons. The number of esters is 1. The number of nitrogens with zero attached hydrogens (tertiary/aromatic N) is 1. The second kappa shape index (κ2) is 7.38. The number of primary amides is 1. The Bertz CT molecular complexity index is 728. The van der Waals surface area contributed by atoms with Crippen LogP contribution in [0.25, 0.3) is 6.08 Å². The van der Waals surface area contributed by atoms with Gasteiger partial charge in [0.2, 0.25) is 5.91 Å². The number of carbonyl (C=O) groups excluding carboxylic acids is 3. The summed E-state index contributed by atoms with van der Waals surface area (Å²) < 4.78 is 10.6.